The van der Waals surface area contributed by atoms with Gasteiger partial charge < -0.3 is 29.9 Å². The molecule has 12 heteroatoms. The number of nitrogens with zero attached hydrogens (tertiary/aromatic N) is 6. The molecule has 1 aromatic carbocycles. The van der Waals surface area contributed by atoms with E-state index >= 15 is 0 Å². The summed E-state index contributed by atoms with van der Waals surface area (Å²) in [6.07, 6.45) is 6.51. The molecule has 2 amide bonds. The largest absolute Gasteiger partial charge is 0.444 e. The van der Waals surface area contributed by atoms with Crippen LogP contribution >= 0.6 is 0 Å². The van der Waals surface area contributed by atoms with Crippen LogP contribution in [0.4, 0.5) is 27.9 Å². The van der Waals surface area contributed by atoms with E-state index in [9.17, 15) is 9.59 Å². The average molecular weight is 579 g/mol. The zero-order valence-corrected chi connectivity index (χ0v) is 25.2. The number of piperidine rings is 1. The Morgan fingerprint density at radius 1 is 1.12 bits per heavy atom. The summed E-state index contributed by atoms with van der Waals surface area (Å²) in [5.41, 5.74) is 2.37. The lowest BCUT2D eigenvalue weighted by Gasteiger charge is -2.34. The lowest BCUT2D eigenvalue weighted by atomic mass is 10.1. The first-order chi connectivity index (χ1) is 20.1. The first-order valence-electron chi connectivity index (χ1n) is 14.9. The summed E-state index contributed by atoms with van der Waals surface area (Å²) in [7, 11) is 1.77. The summed E-state index contributed by atoms with van der Waals surface area (Å²) >= 11 is 0. The van der Waals surface area contributed by atoms with Crippen LogP contribution < -0.4 is 15.5 Å². The minimum atomic E-state index is -0.552. The van der Waals surface area contributed by atoms with E-state index in [1.54, 1.807) is 23.2 Å². The van der Waals surface area contributed by atoms with Gasteiger partial charge in [-0.1, -0.05) is 6.92 Å². The highest BCUT2D eigenvalue weighted by Crippen LogP contribution is 2.30. The number of ether oxygens (including phenoxy) is 2. The van der Waals surface area contributed by atoms with E-state index in [4.69, 9.17) is 24.4 Å². The number of hydrogen-bond donors (Lipinski definition) is 2. The molecule has 12 nitrogen and oxygen atoms in total. The molecule has 2 aliphatic rings. The van der Waals surface area contributed by atoms with Crippen molar-refractivity contribution in [2.24, 2.45) is 0 Å². The van der Waals surface area contributed by atoms with Crippen LogP contribution in [0.25, 0.3) is 11.2 Å². The van der Waals surface area contributed by atoms with Gasteiger partial charge in [-0.15, -0.1) is 0 Å². The van der Waals surface area contributed by atoms with E-state index in [0.29, 0.717) is 49.0 Å². The minimum Gasteiger partial charge on any atom is -0.444 e. The first kappa shape index (κ1) is 29.6. The fourth-order valence-corrected chi connectivity index (χ4v) is 5.29. The summed E-state index contributed by atoms with van der Waals surface area (Å²) in [4.78, 5) is 42.6. The maximum atomic E-state index is 12.8. The van der Waals surface area contributed by atoms with Crippen molar-refractivity contribution < 1.29 is 19.1 Å². The molecule has 2 atom stereocenters. The van der Waals surface area contributed by atoms with E-state index in [2.05, 4.69) is 10.6 Å². The van der Waals surface area contributed by atoms with Gasteiger partial charge in [-0.05, 0) is 77.1 Å². The Bertz CT molecular complexity index is 1390. The Labute approximate surface area is 246 Å². The third kappa shape index (κ3) is 6.92. The van der Waals surface area contributed by atoms with Gasteiger partial charge in [0.25, 0.3) is 0 Å². The molecule has 2 saturated heterocycles. The number of benzene rings is 1. The van der Waals surface area contributed by atoms with Crippen LogP contribution in [-0.4, -0.2) is 74.8 Å². The summed E-state index contributed by atoms with van der Waals surface area (Å²) in [6, 6.07) is 7.55. The summed E-state index contributed by atoms with van der Waals surface area (Å²) in [5.74, 6) is 1.05. The molecule has 0 aliphatic carbocycles. The van der Waals surface area contributed by atoms with Crippen LogP contribution in [0.15, 0.2) is 30.6 Å². The number of amides is 2. The van der Waals surface area contributed by atoms with Crippen molar-refractivity contribution in [2.45, 2.75) is 84.1 Å². The third-order valence-corrected chi connectivity index (χ3v) is 7.49. The molecular formula is C30H42N8O4. The fourth-order valence-electron chi connectivity index (χ4n) is 5.29. The van der Waals surface area contributed by atoms with Crippen LogP contribution in [-0.2, 0) is 14.3 Å². The van der Waals surface area contributed by atoms with Gasteiger partial charge >= 0.3 is 6.09 Å². The second-order valence-corrected chi connectivity index (χ2v) is 11.9. The topological polar surface area (TPSA) is 127 Å². The van der Waals surface area contributed by atoms with Crippen molar-refractivity contribution in [3.05, 3.63) is 30.6 Å². The van der Waals surface area contributed by atoms with Gasteiger partial charge in [-0.2, -0.15) is 9.97 Å². The highest BCUT2D eigenvalue weighted by atomic mass is 16.6. The Balaban J connectivity index is 1.41. The highest BCUT2D eigenvalue weighted by molar-refractivity contribution is 5.92. The molecule has 2 N–H and O–H groups in total. The molecule has 0 saturated carbocycles. The Hall–Kier alpha value is -3.93. The number of likely N-dealkylation sites (tertiary alicyclic amines) is 1. The average Bonchev–Trinajstić information content (AvgIpc) is 3.41. The van der Waals surface area contributed by atoms with Crippen LogP contribution in [0.1, 0.15) is 72.4 Å². The van der Waals surface area contributed by atoms with Crippen molar-refractivity contribution >= 4 is 46.3 Å². The second kappa shape index (κ2) is 12.5. The molecule has 2 aromatic heterocycles. The molecule has 42 heavy (non-hydrogen) atoms. The molecule has 0 radical (unpaired) electrons. The predicted molar refractivity (Wildman–Crippen MR) is 162 cm³/mol. The molecule has 3 aromatic rings. The first-order valence-corrected chi connectivity index (χ1v) is 14.9. The molecule has 2 fully saturated rings. The summed E-state index contributed by atoms with van der Waals surface area (Å²) in [6.45, 7) is 9.33. The predicted octanol–water partition coefficient (Wildman–Crippen LogP) is 5.45. The molecule has 2 unspecified atom stereocenters. The molecule has 4 heterocycles. The number of nitrogens with one attached hydrogen (secondary N) is 2. The summed E-state index contributed by atoms with van der Waals surface area (Å²) in [5, 5.41) is 6.88. The molecule has 2 aliphatic heterocycles. The van der Waals surface area contributed by atoms with Gasteiger partial charge in [0.15, 0.2) is 17.0 Å². The Morgan fingerprint density at radius 2 is 1.90 bits per heavy atom. The lowest BCUT2D eigenvalue weighted by Crippen LogP contribution is -2.47. The maximum Gasteiger partial charge on any atom is 0.410 e. The number of imidazole rings is 1. The van der Waals surface area contributed by atoms with Crippen molar-refractivity contribution in [1.82, 2.24) is 24.4 Å². The van der Waals surface area contributed by atoms with E-state index in [-0.39, 0.29) is 24.3 Å². The monoisotopic (exact) mass is 578 g/mol. The van der Waals surface area contributed by atoms with Gasteiger partial charge in [-0.3, -0.25) is 9.36 Å². The van der Waals surface area contributed by atoms with Gasteiger partial charge in [0.2, 0.25) is 11.9 Å². The molecule has 0 bridgehead atoms. The minimum absolute atomic E-state index is 0.0285. The van der Waals surface area contributed by atoms with Crippen LogP contribution in [0, 0.1) is 0 Å². The number of rotatable bonds is 7. The number of carbonyl (C=O) groups excluding carboxylic acids is 2. The van der Waals surface area contributed by atoms with Crippen LogP contribution in [0.3, 0.4) is 0 Å². The number of anilines is 4. The zero-order chi connectivity index (χ0) is 29.9. The SMILES string of the molecule is CCC(=O)N(C)c1ccc(Nc2nc(NC3CCCN(C(=O)OC(C)(C)C)C3)c3ncn(C4CCCCO4)c3n2)cc1. The lowest BCUT2D eigenvalue weighted by molar-refractivity contribution is -0.118. The normalized spacial score (nSPS) is 19.4. The van der Waals surface area contributed by atoms with E-state index in [1.165, 1.54) is 0 Å². The molecular weight excluding hydrogens is 536 g/mol. The molecule has 226 valence electrons. The number of carbonyl (C=O) groups is 2. The standard InChI is InChI=1S/C30H42N8O4/c1-6-23(39)36(5)22-14-12-20(13-15-22)33-28-34-26(25-27(35-28)38(19-31-25)24-11-7-8-17-41-24)32-21-10-9-16-37(18-21)29(40)42-30(2,3)4/h12-15,19,21,24H,6-11,16-18H2,1-5H3,(H2,32,33,34,35). The van der Waals surface area contributed by atoms with Crippen molar-refractivity contribution in [3.8, 4) is 0 Å². The van der Waals surface area contributed by atoms with Crippen molar-refractivity contribution in [1.29, 1.82) is 0 Å². The van der Waals surface area contributed by atoms with Crippen molar-refractivity contribution in [2.75, 3.05) is 42.3 Å². The second-order valence-electron chi connectivity index (χ2n) is 11.9. The van der Waals surface area contributed by atoms with Gasteiger partial charge in [0, 0.05) is 50.6 Å². The maximum absolute atomic E-state index is 12.8. The molecule has 5 rings (SSSR count). The van der Waals surface area contributed by atoms with Gasteiger partial charge in [0.1, 0.15) is 11.8 Å². The van der Waals surface area contributed by atoms with Crippen LogP contribution in [0.5, 0.6) is 0 Å². The zero-order valence-electron chi connectivity index (χ0n) is 25.2. The van der Waals surface area contributed by atoms with Gasteiger partial charge in [-0.25, -0.2) is 9.78 Å². The summed E-state index contributed by atoms with van der Waals surface area (Å²) < 4.78 is 13.7. The fraction of sp³-hybridized carbons (Fsp3) is 0.567. The van der Waals surface area contributed by atoms with E-state index < -0.39 is 5.60 Å². The van der Waals surface area contributed by atoms with Crippen molar-refractivity contribution in [3.63, 3.8) is 0 Å². The highest BCUT2D eigenvalue weighted by Gasteiger charge is 2.29. The van der Waals surface area contributed by atoms with Crippen LogP contribution in [0.2, 0.25) is 0 Å². The number of aromatic nitrogens is 4. The van der Waals surface area contributed by atoms with Gasteiger partial charge in [0.05, 0.1) is 6.33 Å². The Kier molecular flexibility index (Phi) is 8.81. The smallest absolute Gasteiger partial charge is 0.410 e. The Morgan fingerprint density at radius 3 is 2.60 bits per heavy atom. The molecule has 0 spiro atoms. The third-order valence-electron chi connectivity index (χ3n) is 7.49. The van der Waals surface area contributed by atoms with E-state index in [1.807, 2.05) is 56.5 Å². The quantitative estimate of drug-likeness (QED) is 0.376. The van der Waals surface area contributed by atoms with E-state index in [0.717, 1.165) is 43.5 Å². The number of hydrogen-bond acceptors (Lipinski definition) is 9. The number of fused-ring (bicyclic) bond motifs is 1.